The molecule has 3 N–H and O–H groups in total. The topological polar surface area (TPSA) is 237 Å². The zero-order chi connectivity index (χ0) is 76.5. The van der Waals surface area contributed by atoms with Crippen molar-refractivity contribution in [3.8, 4) is 0 Å². The molecule has 0 radical (unpaired) electrons. The van der Waals surface area contributed by atoms with Crippen LogP contribution < -0.4 is 0 Å². The third kappa shape index (κ3) is 76.8. The molecule has 0 bridgehead atoms. The number of phosphoric acid groups is 2. The van der Waals surface area contributed by atoms with Crippen molar-refractivity contribution in [2.75, 3.05) is 39.6 Å². The Kier molecular flexibility index (Phi) is 73.7. The van der Waals surface area contributed by atoms with Crippen LogP contribution in [0.5, 0.6) is 0 Å². The van der Waals surface area contributed by atoms with Crippen molar-refractivity contribution in [3.63, 3.8) is 0 Å². The van der Waals surface area contributed by atoms with Gasteiger partial charge in [0.05, 0.1) is 26.4 Å². The van der Waals surface area contributed by atoms with Gasteiger partial charge in [0.1, 0.15) is 19.3 Å². The van der Waals surface area contributed by atoms with Crippen molar-refractivity contribution in [2.45, 2.75) is 465 Å². The van der Waals surface area contributed by atoms with E-state index in [0.717, 1.165) is 108 Å². The summed E-state index contributed by atoms with van der Waals surface area (Å²) >= 11 is 0. The fourth-order valence-electron chi connectivity index (χ4n) is 13.2. The molecule has 104 heavy (non-hydrogen) atoms. The van der Waals surface area contributed by atoms with E-state index in [4.69, 9.17) is 37.0 Å². The first kappa shape index (κ1) is 102. The molecule has 0 fully saturated rings. The third-order valence-corrected chi connectivity index (χ3v) is 22.1. The van der Waals surface area contributed by atoms with Gasteiger partial charge < -0.3 is 33.8 Å². The fourth-order valence-corrected chi connectivity index (χ4v) is 14.7. The Morgan fingerprint density at radius 3 is 0.731 bits per heavy atom. The minimum absolute atomic E-state index is 0.105. The number of aliphatic hydroxyl groups is 1. The summed E-state index contributed by atoms with van der Waals surface area (Å²) in [7, 11) is -9.93. The molecule has 19 heteroatoms. The van der Waals surface area contributed by atoms with E-state index in [9.17, 15) is 43.2 Å². The van der Waals surface area contributed by atoms with Crippen LogP contribution in [-0.2, 0) is 65.4 Å². The number of phosphoric ester groups is 2. The van der Waals surface area contributed by atoms with Crippen LogP contribution in [0.15, 0.2) is 0 Å². The quantitative estimate of drug-likeness (QED) is 0.0222. The normalized spacial score (nSPS) is 14.2. The average Bonchev–Trinajstić information content (AvgIpc) is 0.914. The van der Waals surface area contributed by atoms with E-state index in [2.05, 4.69) is 48.5 Å². The van der Waals surface area contributed by atoms with E-state index in [1.807, 2.05) is 0 Å². The lowest BCUT2D eigenvalue weighted by molar-refractivity contribution is -0.161. The summed E-state index contributed by atoms with van der Waals surface area (Å²) in [6.45, 7) is 12.0. The molecular formula is C85H166O17P2. The zero-order valence-corrected chi connectivity index (χ0v) is 70.3. The van der Waals surface area contributed by atoms with Gasteiger partial charge in [-0.2, -0.15) is 0 Å². The summed E-state index contributed by atoms with van der Waals surface area (Å²) in [6.07, 6.45) is 65.4. The molecule has 0 aromatic heterocycles. The summed E-state index contributed by atoms with van der Waals surface area (Å²) in [5.74, 6) is 0.219. The second-order valence-corrected chi connectivity index (χ2v) is 34.7. The predicted molar refractivity (Wildman–Crippen MR) is 428 cm³/mol. The van der Waals surface area contributed by atoms with E-state index in [-0.39, 0.29) is 25.7 Å². The molecule has 0 aromatic carbocycles. The van der Waals surface area contributed by atoms with Crippen LogP contribution in [0.3, 0.4) is 0 Å². The minimum atomic E-state index is -4.97. The Labute approximate surface area is 638 Å². The van der Waals surface area contributed by atoms with Gasteiger partial charge in [0.25, 0.3) is 0 Å². The SMILES string of the molecule is CCCCCCCCCCCCCCCCCCCCCC(=O)OC[C@H](COP(=O)(O)OC[C@@H](O)COP(=O)(O)OC[C@@H](COC(=O)CCCCCCCCCC(C)C)OC(=O)CCCCCCCCCCCCC(C)C)OC(=O)CCCCCCCCCCCCCCCCCCCCC(C)CC. The standard InChI is InChI=1S/C85H166O17P2/c1-8-10-11-12-13-14-15-16-17-18-19-23-26-29-32-38-45-52-59-66-82(87)95-72-80(101-84(89)68-61-54-46-39-33-30-27-24-21-20-22-25-28-31-37-44-51-58-65-78(7)9-2)74-99-103(91,92)97-70-79(86)71-98-104(93,94)100-75-81(73-96-83(88)67-60-53-48-41-43-50-57-64-77(5)6)102-85(90)69-62-55-47-40-35-34-36-42-49-56-63-76(3)4/h76-81,86H,8-75H2,1-7H3,(H,91,92)(H,93,94)/t78?,79-,80-,81-/m1/s1. The Bertz CT molecular complexity index is 2010. The molecule has 0 aliphatic rings. The van der Waals surface area contributed by atoms with Gasteiger partial charge in [-0.15, -0.1) is 0 Å². The largest absolute Gasteiger partial charge is 0.472 e. The lowest BCUT2D eigenvalue weighted by Gasteiger charge is -2.21. The highest BCUT2D eigenvalue weighted by Crippen LogP contribution is 2.45. The molecule has 0 aromatic rings. The number of carbonyl (C=O) groups excluding carboxylic acids is 4. The van der Waals surface area contributed by atoms with E-state index in [0.29, 0.717) is 31.6 Å². The van der Waals surface area contributed by atoms with Crippen molar-refractivity contribution in [2.24, 2.45) is 17.8 Å². The molecule has 3 unspecified atom stereocenters. The smallest absolute Gasteiger partial charge is 0.462 e. The Balaban J connectivity index is 5.21. The molecular weight excluding hydrogens is 1350 g/mol. The first-order valence-corrected chi connectivity index (χ1v) is 46.9. The second kappa shape index (κ2) is 75.1. The summed E-state index contributed by atoms with van der Waals surface area (Å²) in [5, 5.41) is 10.7. The molecule has 6 atom stereocenters. The van der Waals surface area contributed by atoms with Crippen LogP contribution in [0.25, 0.3) is 0 Å². The average molecular weight is 1520 g/mol. The molecule has 0 aliphatic heterocycles. The molecule has 0 heterocycles. The van der Waals surface area contributed by atoms with Gasteiger partial charge in [-0.3, -0.25) is 37.3 Å². The first-order chi connectivity index (χ1) is 50.3. The highest BCUT2D eigenvalue weighted by atomic mass is 31.2. The number of esters is 4. The van der Waals surface area contributed by atoms with Crippen molar-refractivity contribution in [1.29, 1.82) is 0 Å². The molecule has 618 valence electrons. The fraction of sp³-hybridized carbons (Fsp3) is 0.953. The minimum Gasteiger partial charge on any atom is -0.462 e. The van der Waals surface area contributed by atoms with Crippen molar-refractivity contribution in [3.05, 3.63) is 0 Å². The predicted octanol–water partition coefficient (Wildman–Crippen LogP) is 25.7. The van der Waals surface area contributed by atoms with Crippen LogP contribution in [0.1, 0.15) is 447 Å². The Morgan fingerprint density at radius 2 is 0.490 bits per heavy atom. The maximum atomic E-state index is 13.1. The van der Waals surface area contributed by atoms with Gasteiger partial charge in [0, 0.05) is 25.7 Å². The van der Waals surface area contributed by atoms with E-state index >= 15 is 0 Å². The summed E-state index contributed by atoms with van der Waals surface area (Å²) < 4.78 is 68.8. The van der Waals surface area contributed by atoms with Crippen molar-refractivity contribution >= 4 is 39.5 Å². The lowest BCUT2D eigenvalue weighted by Crippen LogP contribution is -2.30. The molecule has 0 aliphatic carbocycles. The Morgan fingerprint density at radius 1 is 0.279 bits per heavy atom. The van der Waals surface area contributed by atoms with E-state index in [1.165, 1.54) is 250 Å². The van der Waals surface area contributed by atoms with Crippen molar-refractivity contribution in [1.82, 2.24) is 0 Å². The van der Waals surface area contributed by atoms with Crippen molar-refractivity contribution < 1.29 is 80.2 Å². The van der Waals surface area contributed by atoms with Crippen LogP contribution in [0.4, 0.5) is 0 Å². The number of rotatable bonds is 83. The van der Waals surface area contributed by atoms with E-state index < -0.39 is 97.5 Å². The molecule has 0 amide bonds. The molecule has 17 nitrogen and oxygen atoms in total. The third-order valence-electron chi connectivity index (χ3n) is 20.2. The van der Waals surface area contributed by atoms with Gasteiger partial charge >= 0.3 is 39.5 Å². The number of unbranched alkanes of at least 4 members (excludes halogenated alkanes) is 50. The zero-order valence-electron chi connectivity index (χ0n) is 68.5. The van der Waals surface area contributed by atoms with Gasteiger partial charge in [0.15, 0.2) is 12.2 Å². The van der Waals surface area contributed by atoms with Crippen LogP contribution in [0.2, 0.25) is 0 Å². The lowest BCUT2D eigenvalue weighted by atomic mass is 9.99. The molecule has 0 saturated carbocycles. The number of hydrogen-bond acceptors (Lipinski definition) is 15. The molecule has 0 spiro atoms. The van der Waals surface area contributed by atoms with Gasteiger partial charge in [0.2, 0.25) is 0 Å². The van der Waals surface area contributed by atoms with Crippen LogP contribution in [-0.4, -0.2) is 96.7 Å². The first-order valence-electron chi connectivity index (χ1n) is 43.9. The highest BCUT2D eigenvalue weighted by Gasteiger charge is 2.30. The maximum absolute atomic E-state index is 13.1. The number of aliphatic hydroxyl groups excluding tert-OH is 1. The van der Waals surface area contributed by atoms with Gasteiger partial charge in [-0.25, -0.2) is 9.13 Å². The highest BCUT2D eigenvalue weighted by molar-refractivity contribution is 7.47. The molecule has 0 saturated heterocycles. The number of hydrogen-bond donors (Lipinski definition) is 3. The molecule has 0 rings (SSSR count). The monoisotopic (exact) mass is 1520 g/mol. The van der Waals surface area contributed by atoms with E-state index in [1.54, 1.807) is 0 Å². The summed E-state index contributed by atoms with van der Waals surface area (Å²) in [5.41, 5.74) is 0. The Hall–Kier alpha value is -1.94. The number of carbonyl (C=O) groups is 4. The second-order valence-electron chi connectivity index (χ2n) is 31.8. The summed E-state index contributed by atoms with van der Waals surface area (Å²) in [6, 6.07) is 0. The van der Waals surface area contributed by atoms with Gasteiger partial charge in [-0.1, -0.05) is 395 Å². The summed E-state index contributed by atoms with van der Waals surface area (Å²) in [4.78, 5) is 73.1. The number of ether oxygens (including phenoxy) is 4. The van der Waals surface area contributed by atoms with Crippen LogP contribution >= 0.6 is 15.6 Å². The van der Waals surface area contributed by atoms with Crippen LogP contribution in [0, 0.1) is 17.8 Å². The van der Waals surface area contributed by atoms with Gasteiger partial charge in [-0.05, 0) is 43.4 Å². The maximum Gasteiger partial charge on any atom is 0.472 e.